The molecular formula is C12H17O3P. The fourth-order valence-electron chi connectivity index (χ4n) is 1.62. The van der Waals surface area contributed by atoms with Gasteiger partial charge in [-0.1, -0.05) is 29.4 Å². The van der Waals surface area contributed by atoms with Crippen molar-refractivity contribution >= 4 is 13.9 Å². The molecule has 16 heavy (non-hydrogen) atoms. The first-order chi connectivity index (χ1) is 7.51. The Bertz CT molecular complexity index is 396. The molecule has 1 aliphatic rings. The van der Waals surface area contributed by atoms with E-state index in [0.717, 1.165) is 22.6 Å². The van der Waals surface area contributed by atoms with Crippen LogP contribution in [0.1, 0.15) is 20.8 Å². The maximum absolute atomic E-state index is 5.52. The normalized spacial score (nSPS) is 14.8. The van der Waals surface area contributed by atoms with E-state index in [9.17, 15) is 0 Å². The molecule has 4 heteroatoms. The van der Waals surface area contributed by atoms with Gasteiger partial charge in [0.1, 0.15) is 5.75 Å². The monoisotopic (exact) mass is 240 g/mol. The number of fused-ring (bicyclic) bond motifs is 1. The fourth-order valence-corrected chi connectivity index (χ4v) is 2.99. The van der Waals surface area contributed by atoms with E-state index in [4.69, 9.17) is 14.2 Å². The third kappa shape index (κ3) is 2.25. The van der Waals surface area contributed by atoms with Gasteiger partial charge in [-0.25, -0.2) is 0 Å². The van der Waals surface area contributed by atoms with Crippen LogP contribution in [0.15, 0.2) is 12.1 Å². The number of ether oxygens (including phenoxy) is 3. The maximum atomic E-state index is 5.52. The lowest BCUT2D eigenvalue weighted by Gasteiger charge is -2.21. The van der Waals surface area contributed by atoms with E-state index in [-0.39, 0.29) is 5.16 Å². The molecule has 0 fully saturated rings. The van der Waals surface area contributed by atoms with Crippen LogP contribution in [0.3, 0.4) is 0 Å². The Morgan fingerprint density at radius 2 is 2.00 bits per heavy atom. The first-order valence-corrected chi connectivity index (χ1v) is 6.26. The van der Waals surface area contributed by atoms with Gasteiger partial charge >= 0.3 is 0 Å². The summed E-state index contributed by atoms with van der Waals surface area (Å²) >= 11 is 0. The predicted octanol–water partition coefficient (Wildman–Crippen LogP) is 2.53. The zero-order chi connectivity index (χ0) is 11.8. The molecular weight excluding hydrogens is 223 g/mol. The van der Waals surface area contributed by atoms with Crippen LogP contribution in [-0.4, -0.2) is 19.1 Å². The van der Waals surface area contributed by atoms with Gasteiger partial charge in [-0.2, -0.15) is 0 Å². The van der Waals surface area contributed by atoms with E-state index in [2.05, 4.69) is 20.8 Å². The van der Waals surface area contributed by atoms with Crippen LogP contribution in [0.5, 0.6) is 17.2 Å². The Labute approximate surface area is 97.9 Å². The van der Waals surface area contributed by atoms with Crippen molar-refractivity contribution in [2.24, 2.45) is 0 Å². The molecule has 0 aromatic heterocycles. The average Bonchev–Trinajstić information content (AvgIpc) is 2.64. The molecule has 1 heterocycles. The lowest BCUT2D eigenvalue weighted by Crippen LogP contribution is -2.14. The molecule has 1 aromatic rings. The number of rotatable bonds is 2. The van der Waals surface area contributed by atoms with Gasteiger partial charge < -0.3 is 14.2 Å². The van der Waals surface area contributed by atoms with Gasteiger partial charge in [-0.3, -0.25) is 0 Å². The summed E-state index contributed by atoms with van der Waals surface area (Å²) in [5.41, 5.74) is 0. The lowest BCUT2D eigenvalue weighted by molar-refractivity contribution is 0.174. The third-order valence-electron chi connectivity index (χ3n) is 2.22. The molecule has 0 amide bonds. The molecule has 1 atom stereocenters. The molecule has 0 saturated carbocycles. The molecule has 1 aromatic carbocycles. The minimum absolute atomic E-state index is 0.217. The van der Waals surface area contributed by atoms with Crippen molar-refractivity contribution in [3.63, 3.8) is 0 Å². The summed E-state index contributed by atoms with van der Waals surface area (Å²) in [6.45, 7) is 6.93. The van der Waals surface area contributed by atoms with Gasteiger partial charge in [-0.15, -0.1) is 0 Å². The van der Waals surface area contributed by atoms with Crippen molar-refractivity contribution in [3.05, 3.63) is 12.1 Å². The van der Waals surface area contributed by atoms with Gasteiger partial charge in [-0.05, 0) is 17.3 Å². The molecule has 2 rings (SSSR count). The van der Waals surface area contributed by atoms with Crippen molar-refractivity contribution in [3.8, 4) is 17.2 Å². The molecule has 1 aliphatic heterocycles. The molecule has 0 spiro atoms. The maximum Gasteiger partial charge on any atom is 0.231 e. The van der Waals surface area contributed by atoms with Crippen LogP contribution < -0.4 is 19.5 Å². The molecule has 0 saturated heterocycles. The Hall–Kier alpha value is -0.950. The first-order valence-electron chi connectivity index (χ1n) is 5.26. The van der Waals surface area contributed by atoms with E-state index in [0.29, 0.717) is 15.4 Å². The summed E-state index contributed by atoms with van der Waals surface area (Å²) in [6, 6.07) is 3.85. The average molecular weight is 240 g/mol. The zero-order valence-electron chi connectivity index (χ0n) is 10.1. The van der Waals surface area contributed by atoms with E-state index >= 15 is 0 Å². The largest absolute Gasteiger partial charge is 0.496 e. The van der Waals surface area contributed by atoms with Crippen LogP contribution in [0.4, 0.5) is 0 Å². The summed E-state index contributed by atoms with van der Waals surface area (Å²) in [7, 11) is 2.32. The van der Waals surface area contributed by atoms with E-state index in [1.165, 1.54) is 0 Å². The van der Waals surface area contributed by atoms with Crippen LogP contribution in [-0.2, 0) is 0 Å². The highest BCUT2D eigenvalue weighted by Crippen LogP contribution is 2.42. The van der Waals surface area contributed by atoms with Gasteiger partial charge in [0.25, 0.3) is 0 Å². The summed E-state index contributed by atoms with van der Waals surface area (Å²) in [5.74, 6) is 2.57. The molecule has 0 bridgehead atoms. The number of benzene rings is 1. The smallest absolute Gasteiger partial charge is 0.231 e. The standard InChI is InChI=1S/C12H17O3P/c1-12(2,3)16-11-9(13-4)6-5-8-10(11)15-7-14-8/h5-6,16H,7H2,1-4H3. The van der Waals surface area contributed by atoms with Crippen LogP contribution >= 0.6 is 8.58 Å². The van der Waals surface area contributed by atoms with Gasteiger partial charge in [0.2, 0.25) is 6.79 Å². The molecule has 0 aliphatic carbocycles. The third-order valence-corrected chi connectivity index (χ3v) is 3.69. The van der Waals surface area contributed by atoms with E-state index in [1.54, 1.807) is 7.11 Å². The predicted molar refractivity (Wildman–Crippen MR) is 66.8 cm³/mol. The molecule has 88 valence electrons. The second-order valence-corrected chi connectivity index (χ2v) is 7.00. The summed E-state index contributed by atoms with van der Waals surface area (Å²) in [5, 5.41) is 1.35. The lowest BCUT2D eigenvalue weighted by atomic mass is 10.2. The van der Waals surface area contributed by atoms with Crippen molar-refractivity contribution < 1.29 is 14.2 Å². The minimum Gasteiger partial charge on any atom is -0.496 e. The SMILES string of the molecule is COc1ccc2c(c1PC(C)(C)C)OCO2. The second-order valence-electron chi connectivity index (χ2n) is 4.75. The van der Waals surface area contributed by atoms with Crippen LogP contribution in [0.25, 0.3) is 0 Å². The van der Waals surface area contributed by atoms with Gasteiger partial charge in [0.05, 0.1) is 12.4 Å². The van der Waals surface area contributed by atoms with Crippen molar-refractivity contribution in [2.75, 3.05) is 13.9 Å². The van der Waals surface area contributed by atoms with Gasteiger partial charge in [0, 0.05) is 0 Å². The number of hydrogen-bond acceptors (Lipinski definition) is 3. The van der Waals surface area contributed by atoms with Crippen LogP contribution in [0, 0.1) is 0 Å². The van der Waals surface area contributed by atoms with E-state index in [1.807, 2.05) is 12.1 Å². The molecule has 0 N–H and O–H groups in total. The Morgan fingerprint density at radius 3 is 2.62 bits per heavy atom. The Kier molecular flexibility index (Phi) is 2.98. The highest BCUT2D eigenvalue weighted by Gasteiger charge is 2.25. The Morgan fingerprint density at radius 1 is 1.25 bits per heavy atom. The zero-order valence-corrected chi connectivity index (χ0v) is 11.1. The van der Waals surface area contributed by atoms with Gasteiger partial charge in [0.15, 0.2) is 11.5 Å². The Balaban J connectivity index is 2.44. The summed E-state index contributed by atoms with van der Waals surface area (Å²) in [4.78, 5) is 0. The number of hydrogen-bond donors (Lipinski definition) is 0. The fraction of sp³-hybridized carbons (Fsp3) is 0.500. The molecule has 0 radical (unpaired) electrons. The number of methoxy groups -OCH3 is 1. The topological polar surface area (TPSA) is 27.7 Å². The highest BCUT2D eigenvalue weighted by molar-refractivity contribution is 7.49. The first kappa shape index (κ1) is 11.5. The quantitative estimate of drug-likeness (QED) is 0.743. The highest BCUT2D eigenvalue weighted by atomic mass is 31.1. The second kappa shape index (κ2) is 4.14. The summed E-state index contributed by atoms with van der Waals surface area (Å²) in [6.07, 6.45) is 0. The minimum atomic E-state index is 0.217. The molecule has 3 nitrogen and oxygen atoms in total. The van der Waals surface area contributed by atoms with Crippen LogP contribution in [0.2, 0.25) is 0 Å². The van der Waals surface area contributed by atoms with Crippen molar-refractivity contribution in [1.29, 1.82) is 0 Å². The van der Waals surface area contributed by atoms with E-state index < -0.39 is 0 Å². The molecule has 1 unspecified atom stereocenters. The summed E-state index contributed by atoms with van der Waals surface area (Å²) < 4.78 is 16.3. The van der Waals surface area contributed by atoms with Crippen molar-refractivity contribution in [2.45, 2.75) is 25.9 Å². The van der Waals surface area contributed by atoms with Crippen molar-refractivity contribution in [1.82, 2.24) is 0 Å².